The summed E-state index contributed by atoms with van der Waals surface area (Å²) in [6, 6.07) is 26.8. The lowest BCUT2D eigenvalue weighted by Crippen LogP contribution is -2.43. The fraction of sp³-hybridized carbons (Fsp3) is 0.136. The molecular formula is C22H19ClN2S. The second kappa shape index (κ2) is 7.48. The van der Waals surface area contributed by atoms with Gasteiger partial charge in [-0.25, -0.2) is 0 Å². The monoisotopic (exact) mass is 378 g/mol. The van der Waals surface area contributed by atoms with Crippen LogP contribution in [0.25, 0.3) is 0 Å². The number of rotatable bonds is 4. The number of nitrogens with zero attached hydrogens (tertiary/aromatic N) is 1. The lowest BCUT2D eigenvalue weighted by atomic mass is 10.0. The Morgan fingerprint density at radius 2 is 1.62 bits per heavy atom. The van der Waals surface area contributed by atoms with Gasteiger partial charge in [0.1, 0.15) is 11.2 Å². The number of fused-ring (bicyclic) bond motifs is 1. The molecule has 0 radical (unpaired) electrons. The molecule has 0 aliphatic carbocycles. The van der Waals surface area contributed by atoms with E-state index in [4.69, 9.17) is 23.8 Å². The third-order valence-corrected chi connectivity index (χ3v) is 5.37. The minimum absolute atomic E-state index is 0.0149. The predicted octanol–water partition coefficient (Wildman–Crippen LogP) is 5.68. The highest BCUT2D eigenvalue weighted by Gasteiger charge is 2.30. The van der Waals surface area contributed by atoms with Gasteiger partial charge in [0, 0.05) is 22.8 Å². The van der Waals surface area contributed by atoms with Crippen LogP contribution in [0.2, 0.25) is 5.02 Å². The number of hydrogen-bond donors (Lipinski definition) is 1. The Labute approximate surface area is 164 Å². The molecule has 4 rings (SSSR count). The van der Waals surface area contributed by atoms with Crippen LogP contribution in [-0.2, 0) is 6.42 Å². The van der Waals surface area contributed by atoms with Crippen molar-refractivity contribution in [3.63, 3.8) is 0 Å². The molecule has 0 saturated carbocycles. The highest BCUT2D eigenvalue weighted by Crippen LogP contribution is 2.35. The van der Waals surface area contributed by atoms with E-state index in [9.17, 15) is 0 Å². The first-order valence-corrected chi connectivity index (χ1v) is 9.47. The number of hydrogen-bond acceptors (Lipinski definition) is 2. The van der Waals surface area contributed by atoms with E-state index in [0.29, 0.717) is 5.02 Å². The molecule has 3 aromatic rings. The van der Waals surface area contributed by atoms with Gasteiger partial charge in [0.2, 0.25) is 0 Å². The number of thiocarbonyl (C=S) groups is 1. The molecule has 3 aromatic carbocycles. The smallest absolute Gasteiger partial charge is 0.126 e. The fourth-order valence-corrected chi connectivity index (χ4v) is 3.88. The first-order chi connectivity index (χ1) is 12.7. The Morgan fingerprint density at radius 3 is 2.35 bits per heavy atom. The van der Waals surface area contributed by atoms with Crippen molar-refractivity contribution in [2.45, 2.75) is 12.6 Å². The summed E-state index contributed by atoms with van der Waals surface area (Å²) in [4.78, 5) is 3.10. The van der Waals surface area contributed by atoms with E-state index in [-0.39, 0.29) is 6.17 Å². The lowest BCUT2D eigenvalue weighted by molar-refractivity contribution is 0.349. The Bertz CT molecular complexity index is 912. The van der Waals surface area contributed by atoms with Crippen LogP contribution in [0, 0.1) is 0 Å². The summed E-state index contributed by atoms with van der Waals surface area (Å²) in [5.41, 5.74) is 4.53. The summed E-state index contributed by atoms with van der Waals surface area (Å²) < 4.78 is 0. The first kappa shape index (κ1) is 17.1. The van der Waals surface area contributed by atoms with E-state index in [1.165, 1.54) is 11.1 Å². The molecule has 1 aliphatic heterocycles. The van der Waals surface area contributed by atoms with Crippen molar-refractivity contribution in [2.24, 2.45) is 0 Å². The Morgan fingerprint density at radius 1 is 0.923 bits per heavy atom. The van der Waals surface area contributed by atoms with E-state index < -0.39 is 0 Å². The minimum atomic E-state index is 0.0149. The molecule has 0 aromatic heterocycles. The second-order valence-electron chi connectivity index (χ2n) is 6.38. The third-order valence-electron chi connectivity index (χ3n) is 4.68. The molecule has 0 spiro atoms. The molecule has 0 fully saturated rings. The quantitative estimate of drug-likeness (QED) is 0.587. The van der Waals surface area contributed by atoms with Crippen molar-refractivity contribution in [3.8, 4) is 0 Å². The number of nitrogens with one attached hydrogen (secondary N) is 1. The van der Waals surface area contributed by atoms with Crippen LogP contribution < -0.4 is 5.32 Å². The van der Waals surface area contributed by atoms with Gasteiger partial charge in [0.25, 0.3) is 0 Å². The molecule has 4 heteroatoms. The standard InChI is InChI=1S/C22H19ClN2S/c23-18-11-12-20-19(15-18)22(26)25(14-13-16-7-3-1-4-8-16)21(24-20)17-9-5-2-6-10-17/h1-12,15,21,24H,13-14H2. The van der Waals surface area contributed by atoms with Crippen molar-refractivity contribution in [1.82, 2.24) is 4.90 Å². The van der Waals surface area contributed by atoms with Crippen molar-refractivity contribution in [2.75, 3.05) is 11.9 Å². The molecule has 1 heterocycles. The largest absolute Gasteiger partial charge is 0.361 e. The summed E-state index contributed by atoms with van der Waals surface area (Å²) in [5, 5.41) is 4.34. The summed E-state index contributed by atoms with van der Waals surface area (Å²) in [7, 11) is 0. The molecule has 1 unspecified atom stereocenters. The molecule has 1 aliphatic rings. The van der Waals surface area contributed by atoms with Gasteiger partial charge in [-0.1, -0.05) is 84.5 Å². The van der Waals surface area contributed by atoms with Crippen LogP contribution in [0.5, 0.6) is 0 Å². The Hall–Kier alpha value is -2.36. The van der Waals surface area contributed by atoms with Gasteiger partial charge in [-0.15, -0.1) is 0 Å². The lowest BCUT2D eigenvalue weighted by Gasteiger charge is -2.40. The predicted molar refractivity (Wildman–Crippen MR) is 113 cm³/mol. The van der Waals surface area contributed by atoms with Crippen LogP contribution in [0.3, 0.4) is 0 Å². The highest BCUT2D eigenvalue weighted by atomic mass is 35.5. The molecule has 0 amide bonds. The van der Waals surface area contributed by atoms with E-state index in [1.807, 2.05) is 30.3 Å². The van der Waals surface area contributed by atoms with E-state index in [1.54, 1.807) is 0 Å². The van der Waals surface area contributed by atoms with Crippen LogP contribution in [0.15, 0.2) is 78.9 Å². The zero-order valence-corrected chi connectivity index (χ0v) is 15.8. The van der Waals surface area contributed by atoms with Crippen molar-refractivity contribution in [1.29, 1.82) is 0 Å². The van der Waals surface area contributed by atoms with E-state index >= 15 is 0 Å². The maximum absolute atomic E-state index is 6.21. The first-order valence-electron chi connectivity index (χ1n) is 8.68. The molecule has 0 saturated heterocycles. The zero-order valence-electron chi connectivity index (χ0n) is 14.2. The van der Waals surface area contributed by atoms with Gasteiger partial charge in [-0.05, 0) is 35.7 Å². The molecular weight excluding hydrogens is 360 g/mol. The van der Waals surface area contributed by atoms with Crippen LogP contribution in [-0.4, -0.2) is 16.4 Å². The molecule has 26 heavy (non-hydrogen) atoms. The van der Waals surface area contributed by atoms with Crippen LogP contribution in [0.4, 0.5) is 5.69 Å². The normalized spacial score (nSPS) is 16.1. The van der Waals surface area contributed by atoms with Crippen LogP contribution >= 0.6 is 23.8 Å². The van der Waals surface area contributed by atoms with Gasteiger partial charge in [0.15, 0.2) is 0 Å². The maximum Gasteiger partial charge on any atom is 0.126 e. The summed E-state index contributed by atoms with van der Waals surface area (Å²) in [6.45, 7) is 0.835. The summed E-state index contributed by atoms with van der Waals surface area (Å²) >= 11 is 12.1. The number of halogens is 1. The third kappa shape index (κ3) is 3.46. The van der Waals surface area contributed by atoms with Crippen molar-refractivity contribution in [3.05, 3.63) is 101 Å². The maximum atomic E-state index is 6.21. The molecule has 1 N–H and O–H groups in total. The fourth-order valence-electron chi connectivity index (χ4n) is 3.34. The van der Waals surface area contributed by atoms with Gasteiger partial charge in [0.05, 0.1) is 0 Å². The topological polar surface area (TPSA) is 15.3 Å². The Kier molecular flexibility index (Phi) is 4.91. The van der Waals surface area contributed by atoms with Crippen molar-refractivity contribution >= 4 is 34.5 Å². The molecule has 0 bridgehead atoms. The van der Waals surface area contributed by atoms with Crippen LogP contribution in [0.1, 0.15) is 22.9 Å². The number of benzene rings is 3. The van der Waals surface area contributed by atoms with E-state index in [0.717, 1.165) is 29.2 Å². The molecule has 130 valence electrons. The van der Waals surface area contributed by atoms with Gasteiger partial charge < -0.3 is 10.2 Å². The summed E-state index contributed by atoms with van der Waals surface area (Å²) in [5.74, 6) is 0. The van der Waals surface area contributed by atoms with Crippen molar-refractivity contribution < 1.29 is 0 Å². The zero-order chi connectivity index (χ0) is 17.9. The SMILES string of the molecule is S=C1c2cc(Cl)ccc2NC(c2ccccc2)N1CCc1ccccc1. The van der Waals surface area contributed by atoms with Gasteiger partial charge in [-0.3, -0.25) is 0 Å². The average molecular weight is 379 g/mol. The second-order valence-corrected chi connectivity index (χ2v) is 7.20. The van der Waals surface area contributed by atoms with E-state index in [2.05, 4.69) is 58.7 Å². The Balaban J connectivity index is 1.68. The average Bonchev–Trinajstić information content (AvgIpc) is 2.69. The molecule has 1 atom stereocenters. The number of anilines is 1. The van der Waals surface area contributed by atoms with Gasteiger partial charge >= 0.3 is 0 Å². The molecule has 2 nitrogen and oxygen atoms in total. The highest BCUT2D eigenvalue weighted by molar-refractivity contribution is 7.80. The minimum Gasteiger partial charge on any atom is -0.361 e. The summed E-state index contributed by atoms with van der Waals surface area (Å²) in [6.07, 6.45) is 0.947. The van der Waals surface area contributed by atoms with Gasteiger partial charge in [-0.2, -0.15) is 0 Å².